The van der Waals surface area contributed by atoms with Gasteiger partial charge in [0.25, 0.3) is 11.8 Å². The average Bonchev–Trinajstić information content (AvgIpc) is 2.98. The van der Waals surface area contributed by atoms with E-state index in [9.17, 15) is 38.2 Å². The molecule has 0 bridgehead atoms. The van der Waals surface area contributed by atoms with Crippen LogP contribution in [0.5, 0.6) is 0 Å². The summed E-state index contributed by atoms with van der Waals surface area (Å²) in [5, 5.41) is 18.9. The van der Waals surface area contributed by atoms with E-state index in [1.807, 2.05) is 0 Å². The maximum absolute atomic E-state index is 13.7. The molecule has 0 fully saturated rings. The summed E-state index contributed by atoms with van der Waals surface area (Å²) in [6.45, 7) is 0. The molecule has 0 aliphatic carbocycles. The lowest BCUT2D eigenvalue weighted by molar-refractivity contribution is 0.0685. The molecule has 3 aromatic carbocycles. The van der Waals surface area contributed by atoms with Gasteiger partial charge in [0.1, 0.15) is 0 Å². The summed E-state index contributed by atoms with van der Waals surface area (Å²) in [6.07, 6.45) is 0. The van der Waals surface area contributed by atoms with Crippen LogP contribution in [-0.4, -0.2) is 34.0 Å². The van der Waals surface area contributed by atoms with E-state index < -0.39 is 35.4 Å². The Balaban J connectivity index is 1.89. The maximum Gasteiger partial charge on any atom is 0.337 e. The zero-order chi connectivity index (χ0) is 23.3. The van der Waals surface area contributed by atoms with E-state index in [-0.39, 0.29) is 43.5 Å². The summed E-state index contributed by atoms with van der Waals surface area (Å²) in [4.78, 5) is 49.8. The van der Waals surface area contributed by atoms with Gasteiger partial charge in [0.15, 0.2) is 11.6 Å². The van der Waals surface area contributed by atoms with Crippen LogP contribution in [0, 0.1) is 11.6 Å². The monoisotopic (exact) mass is 501 g/mol. The number of carboxylic acid groups (broad SMARTS) is 2. The molecule has 4 rings (SSSR count). The number of anilines is 1. The number of hydrogen-bond donors (Lipinski definition) is 2. The third-order valence-electron chi connectivity index (χ3n) is 4.93. The smallest absolute Gasteiger partial charge is 0.337 e. The van der Waals surface area contributed by atoms with Crippen LogP contribution in [0.25, 0.3) is 11.1 Å². The van der Waals surface area contributed by atoms with Crippen LogP contribution in [-0.2, 0) is 0 Å². The van der Waals surface area contributed by atoms with E-state index in [4.69, 9.17) is 0 Å². The Bertz CT molecular complexity index is 1370. The first kappa shape index (κ1) is 21.3. The van der Waals surface area contributed by atoms with Crippen LogP contribution in [0.2, 0.25) is 0 Å². The number of carbonyl (C=O) groups is 4. The van der Waals surface area contributed by atoms with Crippen LogP contribution < -0.4 is 4.90 Å². The highest BCUT2D eigenvalue weighted by molar-refractivity contribution is 9.10. The van der Waals surface area contributed by atoms with Crippen molar-refractivity contribution in [1.29, 1.82) is 0 Å². The highest BCUT2D eigenvalue weighted by atomic mass is 79.9. The standard InChI is InChI=1S/C22H10BrF2NO6/c23-15-8-13-12(7-14(15)22(31)32)19(27)26(20(13)28)18-6-10(1-3-11(18)21(29)30)9-2-4-16(24)17(25)5-9/h1-8H,(H,29,30)(H,31,32). The molecule has 10 heteroatoms. The zero-order valence-electron chi connectivity index (χ0n) is 15.7. The van der Waals surface area contributed by atoms with Crippen LogP contribution in [0.15, 0.2) is 53.0 Å². The van der Waals surface area contributed by atoms with E-state index in [2.05, 4.69) is 15.9 Å². The number of halogens is 3. The Morgan fingerprint density at radius 1 is 0.750 bits per heavy atom. The van der Waals surface area contributed by atoms with Gasteiger partial charge in [-0.1, -0.05) is 12.1 Å². The minimum absolute atomic E-state index is 0.0701. The first-order chi connectivity index (χ1) is 15.1. The van der Waals surface area contributed by atoms with Crippen LogP contribution in [0.3, 0.4) is 0 Å². The van der Waals surface area contributed by atoms with E-state index >= 15 is 0 Å². The molecule has 3 aromatic rings. The van der Waals surface area contributed by atoms with Gasteiger partial charge >= 0.3 is 11.9 Å². The number of imide groups is 1. The summed E-state index contributed by atoms with van der Waals surface area (Å²) < 4.78 is 27.0. The molecule has 0 saturated heterocycles. The highest BCUT2D eigenvalue weighted by Crippen LogP contribution is 2.36. The van der Waals surface area contributed by atoms with Crippen LogP contribution >= 0.6 is 15.9 Å². The molecule has 160 valence electrons. The first-order valence-electron chi connectivity index (χ1n) is 8.88. The Morgan fingerprint density at radius 2 is 1.31 bits per heavy atom. The fraction of sp³-hybridized carbons (Fsp3) is 0. The molecular weight excluding hydrogens is 492 g/mol. The second kappa shape index (κ2) is 7.65. The van der Waals surface area contributed by atoms with Gasteiger partial charge in [-0.05, 0) is 63.5 Å². The lowest BCUT2D eigenvalue weighted by Gasteiger charge is -2.18. The van der Waals surface area contributed by atoms with Gasteiger partial charge in [-0.15, -0.1) is 0 Å². The summed E-state index contributed by atoms with van der Waals surface area (Å²) in [5.41, 5.74) is -0.822. The number of fused-ring (bicyclic) bond motifs is 1. The highest BCUT2D eigenvalue weighted by Gasteiger charge is 2.39. The Kier molecular flexibility index (Phi) is 5.09. The number of carbonyl (C=O) groups excluding carboxylic acids is 2. The van der Waals surface area contributed by atoms with Gasteiger partial charge in [0.2, 0.25) is 0 Å². The molecule has 32 heavy (non-hydrogen) atoms. The van der Waals surface area contributed by atoms with Crippen LogP contribution in [0.4, 0.5) is 14.5 Å². The van der Waals surface area contributed by atoms with Gasteiger partial charge in [-0.3, -0.25) is 9.59 Å². The summed E-state index contributed by atoms with van der Waals surface area (Å²) >= 11 is 3.04. The lowest BCUT2D eigenvalue weighted by atomic mass is 10.0. The molecule has 0 saturated carbocycles. The fourth-order valence-electron chi connectivity index (χ4n) is 3.40. The van der Waals surface area contributed by atoms with Crippen molar-refractivity contribution in [2.75, 3.05) is 4.90 Å². The molecule has 2 N–H and O–H groups in total. The van der Waals surface area contributed by atoms with E-state index in [1.54, 1.807) is 0 Å². The van der Waals surface area contributed by atoms with Gasteiger partial charge in [-0.25, -0.2) is 23.3 Å². The topological polar surface area (TPSA) is 112 Å². The minimum Gasteiger partial charge on any atom is -0.478 e. The molecule has 0 radical (unpaired) electrons. The molecule has 0 spiro atoms. The molecule has 1 heterocycles. The minimum atomic E-state index is -1.43. The fourth-order valence-corrected chi connectivity index (χ4v) is 3.91. The SMILES string of the molecule is O=C(O)c1cc2c(cc1Br)C(=O)N(c1cc(-c3ccc(F)c(F)c3)ccc1C(=O)O)C2=O. The molecule has 1 aliphatic rings. The number of amides is 2. The summed E-state index contributed by atoms with van der Waals surface area (Å²) in [5.74, 6) is -6.72. The molecule has 2 amide bonds. The quantitative estimate of drug-likeness (QED) is 0.505. The van der Waals surface area contributed by atoms with Crippen molar-refractivity contribution < 1.29 is 38.2 Å². The lowest BCUT2D eigenvalue weighted by Crippen LogP contribution is -2.31. The van der Waals surface area contributed by atoms with Crippen molar-refractivity contribution >= 4 is 45.4 Å². The largest absolute Gasteiger partial charge is 0.478 e. The second-order valence-electron chi connectivity index (χ2n) is 6.79. The Labute approximate surface area is 186 Å². The third kappa shape index (κ3) is 3.34. The number of rotatable bonds is 4. The molecular formula is C22H10BrF2NO6. The van der Waals surface area contributed by atoms with Gasteiger partial charge in [0, 0.05) is 4.47 Å². The second-order valence-corrected chi connectivity index (χ2v) is 7.65. The molecule has 0 atom stereocenters. The number of aromatic carboxylic acids is 2. The third-order valence-corrected chi connectivity index (χ3v) is 5.58. The zero-order valence-corrected chi connectivity index (χ0v) is 17.3. The van der Waals surface area contributed by atoms with Crippen molar-refractivity contribution in [3.63, 3.8) is 0 Å². The van der Waals surface area contributed by atoms with E-state index in [0.717, 1.165) is 24.3 Å². The Morgan fingerprint density at radius 3 is 1.91 bits per heavy atom. The Hall–Kier alpha value is -3.92. The van der Waals surface area contributed by atoms with Gasteiger partial charge < -0.3 is 10.2 Å². The predicted octanol–water partition coefficient (Wildman–Crippen LogP) is 4.59. The summed E-state index contributed by atoms with van der Waals surface area (Å²) in [7, 11) is 0. The van der Waals surface area contributed by atoms with E-state index in [0.29, 0.717) is 4.90 Å². The van der Waals surface area contributed by atoms with E-state index in [1.165, 1.54) is 24.3 Å². The normalized spacial score (nSPS) is 12.8. The molecule has 0 unspecified atom stereocenters. The molecule has 0 aromatic heterocycles. The van der Waals surface area contributed by atoms with Crippen molar-refractivity contribution in [3.8, 4) is 11.1 Å². The average molecular weight is 502 g/mol. The van der Waals surface area contributed by atoms with Gasteiger partial charge in [-0.2, -0.15) is 0 Å². The van der Waals surface area contributed by atoms with Crippen molar-refractivity contribution in [3.05, 3.63) is 86.9 Å². The van der Waals surface area contributed by atoms with Crippen molar-refractivity contribution in [2.24, 2.45) is 0 Å². The molecule has 7 nitrogen and oxygen atoms in total. The first-order valence-corrected chi connectivity index (χ1v) is 9.68. The number of nitrogens with zero attached hydrogens (tertiary/aromatic N) is 1. The van der Waals surface area contributed by atoms with Crippen molar-refractivity contribution in [2.45, 2.75) is 0 Å². The molecule has 1 aliphatic heterocycles. The van der Waals surface area contributed by atoms with Crippen molar-refractivity contribution in [1.82, 2.24) is 0 Å². The number of carboxylic acids is 2. The number of benzene rings is 3. The van der Waals surface area contributed by atoms with Crippen LogP contribution in [0.1, 0.15) is 41.4 Å². The van der Waals surface area contributed by atoms with Gasteiger partial charge in [0.05, 0.1) is 27.9 Å². The maximum atomic E-state index is 13.7. The summed E-state index contributed by atoms with van der Waals surface area (Å²) in [6, 6.07) is 8.92. The number of hydrogen-bond acceptors (Lipinski definition) is 4. The predicted molar refractivity (Wildman–Crippen MR) is 111 cm³/mol.